The lowest BCUT2D eigenvalue weighted by Crippen LogP contribution is -2.47. The van der Waals surface area contributed by atoms with E-state index in [-0.39, 0.29) is 17.8 Å². The number of hydrogen-bond acceptors (Lipinski definition) is 5. The van der Waals surface area contributed by atoms with E-state index in [9.17, 15) is 4.79 Å². The van der Waals surface area contributed by atoms with Crippen molar-refractivity contribution in [1.82, 2.24) is 29.8 Å². The molecule has 1 amide bonds. The fourth-order valence-corrected chi connectivity index (χ4v) is 3.91. The molecule has 4 rings (SSSR count). The number of aromatic nitrogens is 4. The molecule has 2 aliphatic heterocycles. The number of nitrogens with zero attached hydrogens (tertiary/aromatic N) is 5. The molecule has 1 N–H and O–H groups in total. The van der Waals surface area contributed by atoms with Crippen molar-refractivity contribution in [3.8, 4) is 0 Å². The molecular formula is C16H22N6O. The summed E-state index contributed by atoms with van der Waals surface area (Å²) < 4.78 is 1.63. The SMILES string of the molecule is Cc1cc(C)n2nc(C(=O)N[C@@H]3CCN4CCCC[C@@H]34)nc2n1. The molecule has 23 heavy (non-hydrogen) atoms. The summed E-state index contributed by atoms with van der Waals surface area (Å²) in [6.45, 7) is 6.09. The topological polar surface area (TPSA) is 75.4 Å². The first-order valence-corrected chi connectivity index (χ1v) is 8.38. The van der Waals surface area contributed by atoms with Crippen LogP contribution in [0.4, 0.5) is 0 Å². The highest BCUT2D eigenvalue weighted by molar-refractivity contribution is 5.91. The fourth-order valence-electron chi connectivity index (χ4n) is 3.91. The average Bonchev–Trinajstić information content (AvgIpc) is 3.12. The van der Waals surface area contributed by atoms with E-state index in [0.717, 1.165) is 30.9 Å². The van der Waals surface area contributed by atoms with Gasteiger partial charge in [0.2, 0.25) is 5.82 Å². The first-order chi connectivity index (χ1) is 11.1. The highest BCUT2D eigenvalue weighted by Gasteiger charge is 2.36. The molecule has 2 saturated heterocycles. The molecule has 2 atom stereocenters. The van der Waals surface area contributed by atoms with Gasteiger partial charge in [-0.25, -0.2) is 9.50 Å². The highest BCUT2D eigenvalue weighted by Crippen LogP contribution is 2.27. The van der Waals surface area contributed by atoms with Crippen LogP contribution in [0.5, 0.6) is 0 Å². The van der Waals surface area contributed by atoms with Crippen LogP contribution in [0, 0.1) is 13.8 Å². The molecule has 0 saturated carbocycles. The first-order valence-electron chi connectivity index (χ1n) is 8.38. The number of carbonyl (C=O) groups excluding carboxylic acids is 1. The normalized spacial score (nSPS) is 24.8. The largest absolute Gasteiger partial charge is 0.345 e. The quantitative estimate of drug-likeness (QED) is 0.898. The zero-order valence-corrected chi connectivity index (χ0v) is 13.6. The number of hydrogen-bond donors (Lipinski definition) is 1. The maximum Gasteiger partial charge on any atom is 0.291 e. The minimum atomic E-state index is -0.190. The number of nitrogens with one attached hydrogen (secondary N) is 1. The van der Waals surface area contributed by atoms with Crippen LogP contribution in [-0.4, -0.2) is 55.6 Å². The van der Waals surface area contributed by atoms with Gasteiger partial charge in [-0.2, -0.15) is 4.98 Å². The highest BCUT2D eigenvalue weighted by atomic mass is 16.2. The van der Waals surface area contributed by atoms with Crippen molar-refractivity contribution >= 4 is 11.7 Å². The van der Waals surface area contributed by atoms with Crippen LogP contribution in [0.2, 0.25) is 0 Å². The van der Waals surface area contributed by atoms with Crippen LogP contribution in [-0.2, 0) is 0 Å². The Balaban J connectivity index is 1.54. The van der Waals surface area contributed by atoms with Crippen molar-refractivity contribution in [3.63, 3.8) is 0 Å². The van der Waals surface area contributed by atoms with E-state index in [0.29, 0.717) is 11.8 Å². The van der Waals surface area contributed by atoms with E-state index in [4.69, 9.17) is 0 Å². The fraction of sp³-hybridized carbons (Fsp3) is 0.625. The third kappa shape index (κ3) is 2.59. The molecule has 4 heterocycles. The summed E-state index contributed by atoms with van der Waals surface area (Å²) in [7, 11) is 0. The lowest BCUT2D eigenvalue weighted by molar-refractivity contribution is 0.0905. The zero-order chi connectivity index (χ0) is 16.0. The lowest BCUT2D eigenvalue weighted by Gasteiger charge is -2.32. The van der Waals surface area contributed by atoms with Gasteiger partial charge < -0.3 is 5.32 Å². The number of rotatable bonds is 2. The second-order valence-corrected chi connectivity index (χ2v) is 6.65. The number of piperidine rings is 1. The number of fused-ring (bicyclic) bond motifs is 2. The first kappa shape index (κ1) is 14.6. The summed E-state index contributed by atoms with van der Waals surface area (Å²) in [5.74, 6) is 0.504. The van der Waals surface area contributed by atoms with Crippen LogP contribution in [0.3, 0.4) is 0 Å². The molecule has 2 aromatic heterocycles. The number of carbonyl (C=O) groups is 1. The Labute approximate surface area is 135 Å². The van der Waals surface area contributed by atoms with Gasteiger partial charge in [-0.1, -0.05) is 6.42 Å². The predicted octanol–water partition coefficient (Wildman–Crippen LogP) is 1.10. The van der Waals surface area contributed by atoms with Gasteiger partial charge in [0.25, 0.3) is 11.7 Å². The lowest BCUT2D eigenvalue weighted by atomic mass is 9.99. The van der Waals surface area contributed by atoms with Gasteiger partial charge in [-0.15, -0.1) is 5.10 Å². The maximum absolute atomic E-state index is 12.5. The molecule has 2 aromatic rings. The summed E-state index contributed by atoms with van der Waals surface area (Å²) in [6.07, 6.45) is 4.71. The molecule has 7 nitrogen and oxygen atoms in total. The summed E-state index contributed by atoms with van der Waals surface area (Å²) in [6, 6.07) is 2.62. The third-order valence-electron chi connectivity index (χ3n) is 4.99. The Hall–Kier alpha value is -2.02. The standard InChI is InChI=1S/C16H22N6O/c1-10-9-11(2)22-16(17-10)19-14(20-22)15(23)18-12-6-8-21-7-4-3-5-13(12)21/h9,12-13H,3-8H2,1-2H3,(H,18,23)/t12-,13+/m1/s1. The van der Waals surface area contributed by atoms with Crippen LogP contribution in [0.1, 0.15) is 47.7 Å². The third-order valence-corrected chi connectivity index (χ3v) is 4.99. The Bertz CT molecular complexity index is 754. The summed E-state index contributed by atoms with van der Waals surface area (Å²) in [5, 5.41) is 7.46. The molecule has 122 valence electrons. The van der Waals surface area contributed by atoms with Gasteiger partial charge >= 0.3 is 0 Å². The molecule has 0 unspecified atom stereocenters. The van der Waals surface area contributed by atoms with Crippen molar-refractivity contribution < 1.29 is 4.79 Å². The molecular weight excluding hydrogens is 292 g/mol. The van der Waals surface area contributed by atoms with E-state index >= 15 is 0 Å². The number of aryl methyl sites for hydroxylation is 2. The number of amides is 1. The minimum Gasteiger partial charge on any atom is -0.345 e. The Morgan fingerprint density at radius 2 is 2.09 bits per heavy atom. The van der Waals surface area contributed by atoms with Crippen molar-refractivity contribution in [2.24, 2.45) is 0 Å². The van der Waals surface area contributed by atoms with Crippen LogP contribution in [0.25, 0.3) is 5.78 Å². The van der Waals surface area contributed by atoms with Crippen molar-refractivity contribution in [2.75, 3.05) is 13.1 Å². The molecule has 2 aliphatic rings. The Kier molecular flexibility index (Phi) is 3.52. The van der Waals surface area contributed by atoms with Crippen molar-refractivity contribution in [3.05, 3.63) is 23.3 Å². The van der Waals surface area contributed by atoms with Gasteiger partial charge in [-0.05, 0) is 45.7 Å². The Morgan fingerprint density at radius 1 is 1.22 bits per heavy atom. The smallest absolute Gasteiger partial charge is 0.291 e. The van der Waals surface area contributed by atoms with Crippen LogP contribution in [0.15, 0.2) is 6.07 Å². The molecule has 2 fully saturated rings. The van der Waals surface area contributed by atoms with E-state index in [1.54, 1.807) is 4.52 Å². The molecule has 0 aliphatic carbocycles. The Morgan fingerprint density at radius 3 is 2.96 bits per heavy atom. The van der Waals surface area contributed by atoms with Gasteiger partial charge in [0.05, 0.1) is 0 Å². The van der Waals surface area contributed by atoms with Gasteiger partial charge in [0, 0.05) is 30.0 Å². The predicted molar refractivity (Wildman–Crippen MR) is 85.3 cm³/mol. The van der Waals surface area contributed by atoms with E-state index in [1.165, 1.54) is 19.3 Å². The average molecular weight is 314 g/mol. The van der Waals surface area contributed by atoms with E-state index in [2.05, 4.69) is 25.3 Å². The van der Waals surface area contributed by atoms with Crippen molar-refractivity contribution in [2.45, 2.75) is 51.6 Å². The second kappa shape index (κ2) is 5.56. The second-order valence-electron chi connectivity index (χ2n) is 6.65. The monoisotopic (exact) mass is 314 g/mol. The van der Waals surface area contributed by atoms with Crippen LogP contribution >= 0.6 is 0 Å². The zero-order valence-electron chi connectivity index (χ0n) is 13.6. The summed E-state index contributed by atoms with van der Waals surface area (Å²) in [5.41, 5.74) is 1.81. The summed E-state index contributed by atoms with van der Waals surface area (Å²) in [4.78, 5) is 23.7. The maximum atomic E-state index is 12.5. The van der Waals surface area contributed by atoms with Gasteiger partial charge in [0.1, 0.15) is 0 Å². The molecule has 7 heteroatoms. The molecule has 0 radical (unpaired) electrons. The van der Waals surface area contributed by atoms with Gasteiger partial charge in [-0.3, -0.25) is 9.69 Å². The van der Waals surface area contributed by atoms with Crippen molar-refractivity contribution in [1.29, 1.82) is 0 Å². The minimum absolute atomic E-state index is 0.190. The summed E-state index contributed by atoms with van der Waals surface area (Å²) >= 11 is 0. The van der Waals surface area contributed by atoms with Gasteiger partial charge in [0.15, 0.2) is 0 Å². The molecule has 0 aromatic carbocycles. The molecule has 0 bridgehead atoms. The van der Waals surface area contributed by atoms with E-state index < -0.39 is 0 Å². The van der Waals surface area contributed by atoms with E-state index in [1.807, 2.05) is 19.9 Å². The van der Waals surface area contributed by atoms with Crippen LogP contribution < -0.4 is 5.32 Å². The molecule has 0 spiro atoms.